The van der Waals surface area contributed by atoms with E-state index in [0.717, 1.165) is 21.8 Å². The van der Waals surface area contributed by atoms with Crippen LogP contribution in [0.25, 0.3) is 5.13 Å². The van der Waals surface area contributed by atoms with E-state index in [-0.39, 0.29) is 5.69 Å². The number of thiazole rings is 1. The predicted octanol–water partition coefficient (Wildman–Crippen LogP) is 2.91. The topological polar surface area (TPSA) is 106 Å². The van der Waals surface area contributed by atoms with Gasteiger partial charge in [-0.25, -0.2) is 14.5 Å². The van der Waals surface area contributed by atoms with E-state index in [1.54, 1.807) is 4.68 Å². The molecule has 0 fully saturated rings. The molecule has 4 N–H and O–H groups in total. The summed E-state index contributed by atoms with van der Waals surface area (Å²) in [6, 6.07) is 7.98. The molecule has 7 nitrogen and oxygen atoms in total. The Hall–Kier alpha value is -2.36. The lowest BCUT2D eigenvalue weighted by atomic mass is 10.2. The number of aryl methyl sites for hydroxylation is 1. The summed E-state index contributed by atoms with van der Waals surface area (Å²) in [5.41, 5.74) is 2.84. The van der Waals surface area contributed by atoms with Crippen molar-refractivity contribution in [3.63, 3.8) is 0 Å². The molecule has 0 bridgehead atoms. The van der Waals surface area contributed by atoms with Gasteiger partial charge in [0.15, 0.2) is 5.69 Å². The molecule has 0 saturated heterocycles. The van der Waals surface area contributed by atoms with Gasteiger partial charge < -0.3 is 10.4 Å². The minimum Gasteiger partial charge on any atom is -0.476 e. The fourth-order valence-corrected chi connectivity index (χ4v) is 3.10. The molecule has 0 aliphatic rings. The van der Waals surface area contributed by atoms with Crippen molar-refractivity contribution < 1.29 is 9.90 Å². The van der Waals surface area contributed by atoms with Crippen LogP contribution >= 0.6 is 23.3 Å². The molecule has 3 aromatic rings. The first-order valence-corrected chi connectivity index (χ1v) is 8.78. The molecule has 1 aromatic carbocycles. The summed E-state index contributed by atoms with van der Waals surface area (Å²) in [7, 11) is 0. The van der Waals surface area contributed by atoms with E-state index in [0.29, 0.717) is 11.7 Å². The number of nitrogens with zero attached hydrogens (tertiary/aromatic N) is 3. The first-order chi connectivity index (χ1) is 11.6. The Bertz CT molecular complexity index is 857. The lowest BCUT2D eigenvalue weighted by Gasteiger charge is -2.05. The van der Waals surface area contributed by atoms with Crippen molar-refractivity contribution in [1.82, 2.24) is 14.8 Å². The number of nitrogens with one attached hydrogen (secondary N) is 1. The molecule has 0 saturated carbocycles. The lowest BCUT2D eigenvalue weighted by Crippen LogP contribution is -2.00. The van der Waals surface area contributed by atoms with Gasteiger partial charge in [0.05, 0.1) is 17.6 Å². The zero-order valence-corrected chi connectivity index (χ0v) is 14.4. The largest absolute Gasteiger partial charge is 0.476 e. The molecule has 2 aromatic heterocycles. The van der Waals surface area contributed by atoms with Crippen molar-refractivity contribution in [2.45, 2.75) is 18.4 Å². The zero-order valence-electron chi connectivity index (χ0n) is 12.8. The molecule has 0 aliphatic carbocycles. The van der Waals surface area contributed by atoms with Crippen LogP contribution < -0.4 is 10.5 Å². The normalized spacial score (nSPS) is 10.8. The number of hydrogen-bond donors (Lipinski definition) is 3. The maximum Gasteiger partial charge on any atom is 0.355 e. The van der Waals surface area contributed by atoms with Gasteiger partial charge in [0, 0.05) is 16.8 Å². The van der Waals surface area contributed by atoms with Gasteiger partial charge in [-0.3, -0.25) is 5.14 Å². The van der Waals surface area contributed by atoms with E-state index in [1.165, 1.54) is 28.7 Å². The minimum absolute atomic E-state index is 0.0236. The van der Waals surface area contributed by atoms with E-state index in [9.17, 15) is 4.79 Å². The highest BCUT2D eigenvalue weighted by molar-refractivity contribution is 7.97. The number of hydrogen-bond acceptors (Lipinski definition) is 7. The monoisotopic (exact) mass is 361 g/mol. The number of aromatic carboxylic acids is 1. The van der Waals surface area contributed by atoms with Crippen LogP contribution in [0.5, 0.6) is 0 Å². The van der Waals surface area contributed by atoms with Gasteiger partial charge >= 0.3 is 5.97 Å². The first kappa shape index (κ1) is 16.5. The highest BCUT2D eigenvalue weighted by atomic mass is 32.2. The summed E-state index contributed by atoms with van der Waals surface area (Å²) < 4.78 is 1.59. The summed E-state index contributed by atoms with van der Waals surface area (Å²) in [4.78, 5) is 16.0. The SMILES string of the molecule is Cc1nn(-c2nc(C(=O)O)cs2)cc1NCc1ccc(SN)cc1. The number of aromatic nitrogens is 3. The molecule has 2 heterocycles. The second-order valence-corrected chi connectivity index (χ2v) is 6.55. The lowest BCUT2D eigenvalue weighted by molar-refractivity contribution is 0.0691. The third kappa shape index (κ3) is 3.58. The molecule has 0 amide bonds. The molecule has 0 aliphatic heterocycles. The van der Waals surface area contributed by atoms with E-state index in [2.05, 4.69) is 15.4 Å². The van der Waals surface area contributed by atoms with Gasteiger partial charge in [-0.05, 0) is 36.6 Å². The van der Waals surface area contributed by atoms with Crippen LogP contribution in [0.4, 0.5) is 5.69 Å². The molecule has 0 atom stereocenters. The van der Waals surface area contributed by atoms with Crippen molar-refractivity contribution in [1.29, 1.82) is 0 Å². The standard InChI is InChI=1S/C15H15N5O2S2/c1-9-12(17-6-10-2-4-11(24-16)5-3-10)7-20(19-9)15-18-13(8-23-15)14(21)22/h2-5,7-8,17H,6,16H2,1H3,(H,21,22). The maximum atomic E-state index is 10.9. The Labute approximate surface area is 146 Å². The summed E-state index contributed by atoms with van der Waals surface area (Å²) in [5.74, 6) is -1.04. The fourth-order valence-electron chi connectivity index (χ4n) is 2.08. The number of carboxylic acids is 1. The summed E-state index contributed by atoms with van der Waals surface area (Å²) in [6.07, 6.45) is 1.81. The summed E-state index contributed by atoms with van der Waals surface area (Å²) in [5, 5.41) is 24.2. The highest BCUT2D eigenvalue weighted by Crippen LogP contribution is 2.20. The quantitative estimate of drug-likeness (QED) is 0.580. The van der Waals surface area contributed by atoms with E-state index in [4.69, 9.17) is 10.2 Å². The Kier molecular flexibility index (Phi) is 4.84. The molecular formula is C15H15N5O2S2. The summed E-state index contributed by atoms with van der Waals surface area (Å²) >= 11 is 2.46. The Morgan fingerprint density at radius 1 is 1.42 bits per heavy atom. The van der Waals surface area contributed by atoms with Gasteiger partial charge in [-0.1, -0.05) is 12.1 Å². The number of nitrogens with two attached hydrogens (primary N) is 1. The van der Waals surface area contributed by atoms with Gasteiger partial charge in [0.1, 0.15) is 0 Å². The third-order valence-corrected chi connectivity index (χ3v) is 4.72. The predicted molar refractivity (Wildman–Crippen MR) is 94.7 cm³/mol. The molecule has 0 unspecified atom stereocenters. The molecule has 3 rings (SSSR count). The summed E-state index contributed by atoms with van der Waals surface area (Å²) in [6.45, 7) is 2.54. The van der Waals surface area contributed by atoms with Crippen molar-refractivity contribution in [3.05, 3.63) is 52.8 Å². The second kappa shape index (κ2) is 7.04. The van der Waals surface area contributed by atoms with Crippen LogP contribution in [-0.4, -0.2) is 25.8 Å². The van der Waals surface area contributed by atoms with Gasteiger partial charge in [-0.2, -0.15) is 5.10 Å². The van der Waals surface area contributed by atoms with Crippen molar-refractivity contribution in [2.24, 2.45) is 5.14 Å². The molecular weight excluding hydrogens is 346 g/mol. The Balaban J connectivity index is 1.72. The van der Waals surface area contributed by atoms with Crippen LogP contribution in [-0.2, 0) is 6.54 Å². The average molecular weight is 361 g/mol. The minimum atomic E-state index is -1.04. The molecule has 9 heteroatoms. The maximum absolute atomic E-state index is 10.9. The average Bonchev–Trinajstić information content (AvgIpc) is 3.20. The van der Waals surface area contributed by atoms with Gasteiger partial charge in [0.25, 0.3) is 0 Å². The van der Waals surface area contributed by atoms with Crippen LogP contribution in [0.15, 0.2) is 40.7 Å². The highest BCUT2D eigenvalue weighted by Gasteiger charge is 2.12. The number of rotatable bonds is 6. The molecule has 0 spiro atoms. The second-order valence-electron chi connectivity index (χ2n) is 5.01. The number of benzene rings is 1. The molecule has 24 heavy (non-hydrogen) atoms. The Morgan fingerprint density at radius 3 is 2.79 bits per heavy atom. The van der Waals surface area contributed by atoms with Crippen LogP contribution in [0, 0.1) is 6.92 Å². The van der Waals surface area contributed by atoms with Gasteiger partial charge in [0.2, 0.25) is 5.13 Å². The molecule has 124 valence electrons. The molecule has 0 radical (unpaired) electrons. The van der Waals surface area contributed by atoms with Gasteiger partial charge in [-0.15, -0.1) is 11.3 Å². The van der Waals surface area contributed by atoms with Crippen LogP contribution in [0.2, 0.25) is 0 Å². The van der Waals surface area contributed by atoms with Crippen molar-refractivity contribution in [2.75, 3.05) is 5.32 Å². The van der Waals surface area contributed by atoms with Crippen LogP contribution in [0.3, 0.4) is 0 Å². The van der Waals surface area contributed by atoms with Crippen LogP contribution in [0.1, 0.15) is 21.7 Å². The van der Waals surface area contributed by atoms with E-state index < -0.39 is 5.97 Å². The number of anilines is 1. The third-order valence-electron chi connectivity index (χ3n) is 3.35. The van der Waals surface area contributed by atoms with Crippen molar-refractivity contribution >= 4 is 34.9 Å². The Morgan fingerprint density at radius 2 is 2.17 bits per heavy atom. The van der Waals surface area contributed by atoms with E-state index >= 15 is 0 Å². The van der Waals surface area contributed by atoms with E-state index in [1.807, 2.05) is 37.4 Å². The smallest absolute Gasteiger partial charge is 0.355 e. The first-order valence-electron chi connectivity index (χ1n) is 7.02. The number of carbonyl (C=O) groups is 1. The fraction of sp³-hybridized carbons (Fsp3) is 0.133. The zero-order chi connectivity index (χ0) is 17.1. The number of carboxylic acid groups (broad SMARTS) is 1. The van der Waals surface area contributed by atoms with Crippen molar-refractivity contribution in [3.8, 4) is 5.13 Å².